The van der Waals surface area contributed by atoms with Crippen LogP contribution in [-0.2, 0) is 0 Å². The van der Waals surface area contributed by atoms with Gasteiger partial charge < -0.3 is 10.2 Å². The van der Waals surface area contributed by atoms with Crippen LogP contribution in [0.15, 0.2) is 0 Å². The van der Waals surface area contributed by atoms with Gasteiger partial charge in [0.2, 0.25) is 0 Å². The van der Waals surface area contributed by atoms with Crippen molar-refractivity contribution in [1.82, 2.24) is 0 Å². The maximum atomic E-state index is 8.06. The van der Waals surface area contributed by atoms with Gasteiger partial charge in [0.15, 0.2) is 0 Å². The van der Waals surface area contributed by atoms with Crippen molar-refractivity contribution in [3.8, 4) is 0 Å². The summed E-state index contributed by atoms with van der Waals surface area (Å²) in [6.45, 7) is 5.69. The molecule has 0 atom stereocenters. The molecule has 0 aromatic carbocycles. The third-order valence-corrected chi connectivity index (χ3v) is 0.224. The van der Waals surface area contributed by atoms with Gasteiger partial charge in [-0.15, -0.1) is 0 Å². The van der Waals surface area contributed by atoms with E-state index in [-0.39, 0.29) is 57.5 Å². The fraction of sp³-hybridized carbons (Fsp3) is 1.00. The van der Waals surface area contributed by atoms with Crippen LogP contribution >= 0.6 is 0 Å². The third-order valence-electron chi connectivity index (χ3n) is 0.224. The summed E-state index contributed by atoms with van der Waals surface area (Å²) in [6, 6.07) is 0. The van der Waals surface area contributed by atoms with E-state index in [0.29, 0.717) is 6.61 Å². The zero-order valence-corrected chi connectivity index (χ0v) is 5.89. The summed E-state index contributed by atoms with van der Waals surface area (Å²) >= 11 is 0. The molecule has 0 aromatic rings. The van der Waals surface area contributed by atoms with Crippen molar-refractivity contribution in [3.63, 3.8) is 0 Å². The fourth-order valence-electron chi connectivity index (χ4n) is 0. The van der Waals surface area contributed by atoms with Gasteiger partial charge in [-0.05, 0) is 20.3 Å². The van der Waals surface area contributed by atoms with Gasteiger partial charge in [0.05, 0.1) is 0 Å². The number of hydrogen-bond donors (Lipinski definition) is 2. The second kappa shape index (κ2) is 16.3. The zero-order chi connectivity index (χ0) is 6.99. The van der Waals surface area contributed by atoms with E-state index in [0.717, 1.165) is 6.42 Å². The molecule has 0 bridgehead atoms. The van der Waals surface area contributed by atoms with Gasteiger partial charge in [-0.1, -0.05) is 6.92 Å². The first kappa shape index (κ1) is 16.9. The molecule has 0 rings (SSSR count). The average Bonchev–Trinajstić information content (AvgIpc) is 1.65. The summed E-state index contributed by atoms with van der Waals surface area (Å²) in [5.74, 6) is 0. The molecule has 54 valence electrons. The van der Waals surface area contributed by atoms with Crippen LogP contribution in [0.25, 0.3) is 0 Å². The molecule has 0 radical (unpaired) electrons. The van der Waals surface area contributed by atoms with Gasteiger partial charge in [-0.3, -0.25) is 0 Å². The quantitative estimate of drug-likeness (QED) is 0.535. The van der Waals surface area contributed by atoms with Crippen LogP contribution < -0.4 is 0 Å². The van der Waals surface area contributed by atoms with Gasteiger partial charge in [-0.2, -0.15) is 0 Å². The summed E-state index contributed by atoms with van der Waals surface area (Å²) in [7, 11) is 0. The standard InChI is InChI=1S/2C3H8O.K.H/c1-3(2)4;1-2-3-4;;/h3-4H,1-2H3;4H,2-3H2,1H3;;. The first-order valence-corrected chi connectivity index (χ1v) is 2.94. The summed E-state index contributed by atoms with van der Waals surface area (Å²) in [5.41, 5.74) is 0. The Morgan fingerprint density at radius 3 is 1.44 bits per heavy atom. The predicted octanol–water partition coefficient (Wildman–Crippen LogP) is 0.127. The van der Waals surface area contributed by atoms with Crippen molar-refractivity contribution < 1.29 is 10.2 Å². The van der Waals surface area contributed by atoms with Gasteiger partial charge in [-0.25, -0.2) is 0 Å². The van der Waals surface area contributed by atoms with E-state index in [9.17, 15) is 0 Å². The Hall–Kier alpha value is 1.56. The van der Waals surface area contributed by atoms with Gasteiger partial charge in [0, 0.05) is 12.7 Å². The van der Waals surface area contributed by atoms with Crippen molar-refractivity contribution in [2.45, 2.75) is 33.3 Å². The van der Waals surface area contributed by atoms with Crippen molar-refractivity contribution in [2.24, 2.45) is 0 Å². The van der Waals surface area contributed by atoms with Crippen LogP contribution in [0.1, 0.15) is 27.2 Å². The topological polar surface area (TPSA) is 40.5 Å². The molecule has 0 aliphatic carbocycles. The van der Waals surface area contributed by atoms with E-state index in [1.165, 1.54) is 0 Å². The van der Waals surface area contributed by atoms with Crippen molar-refractivity contribution in [3.05, 3.63) is 0 Å². The third kappa shape index (κ3) is 83.5. The zero-order valence-electron chi connectivity index (χ0n) is 5.89. The Morgan fingerprint density at radius 1 is 1.33 bits per heavy atom. The second-order valence-corrected chi connectivity index (χ2v) is 1.82. The first-order chi connectivity index (χ1) is 3.65. The molecule has 0 amide bonds. The molecule has 2 N–H and O–H groups in total. The van der Waals surface area contributed by atoms with Crippen LogP contribution in [-0.4, -0.2) is 74.3 Å². The minimum absolute atomic E-state index is 0. The molecule has 0 fully saturated rings. The first-order valence-electron chi connectivity index (χ1n) is 2.94. The molecule has 0 aliphatic heterocycles. The summed E-state index contributed by atoms with van der Waals surface area (Å²) in [5, 5.41) is 15.9. The van der Waals surface area contributed by atoms with Crippen LogP contribution in [0.5, 0.6) is 0 Å². The van der Waals surface area contributed by atoms with Crippen LogP contribution in [0.3, 0.4) is 0 Å². The average molecular weight is 160 g/mol. The Kier molecular flexibility index (Phi) is 30.5. The molecule has 2 nitrogen and oxygen atoms in total. The molecule has 0 saturated carbocycles. The van der Waals surface area contributed by atoms with Crippen molar-refractivity contribution in [2.75, 3.05) is 6.61 Å². The van der Waals surface area contributed by atoms with Gasteiger partial charge in [0.1, 0.15) is 0 Å². The fourth-order valence-corrected chi connectivity index (χ4v) is 0. The molecule has 0 aromatic heterocycles. The van der Waals surface area contributed by atoms with Crippen molar-refractivity contribution >= 4 is 51.4 Å². The van der Waals surface area contributed by atoms with Crippen LogP contribution in [0.4, 0.5) is 0 Å². The van der Waals surface area contributed by atoms with Crippen LogP contribution in [0, 0.1) is 0 Å². The molecule has 0 spiro atoms. The van der Waals surface area contributed by atoms with Gasteiger partial charge >= 0.3 is 51.4 Å². The number of hydrogen-bond acceptors (Lipinski definition) is 2. The summed E-state index contributed by atoms with van der Waals surface area (Å²) < 4.78 is 0. The maximum absolute atomic E-state index is 8.06. The Labute approximate surface area is 100 Å². The Morgan fingerprint density at radius 2 is 1.44 bits per heavy atom. The number of rotatable bonds is 1. The van der Waals surface area contributed by atoms with E-state index in [2.05, 4.69) is 0 Å². The molecular formula is C6H17KO2. The van der Waals surface area contributed by atoms with E-state index >= 15 is 0 Å². The van der Waals surface area contributed by atoms with E-state index in [1.54, 1.807) is 13.8 Å². The second-order valence-electron chi connectivity index (χ2n) is 1.82. The Bertz CT molecular complexity index is 27.5. The predicted molar refractivity (Wildman–Crippen MR) is 41.9 cm³/mol. The minimum atomic E-state index is -0.167. The molecule has 0 saturated heterocycles. The van der Waals surface area contributed by atoms with E-state index in [1.807, 2.05) is 6.92 Å². The molecule has 9 heavy (non-hydrogen) atoms. The monoisotopic (exact) mass is 160 g/mol. The SMILES string of the molecule is CC(C)O.CCCO.[KH]. The normalized spacial score (nSPS) is 7.33. The summed E-state index contributed by atoms with van der Waals surface area (Å²) in [4.78, 5) is 0. The van der Waals surface area contributed by atoms with E-state index in [4.69, 9.17) is 10.2 Å². The molecule has 0 aliphatic rings. The van der Waals surface area contributed by atoms with Gasteiger partial charge in [0.25, 0.3) is 0 Å². The number of aliphatic hydroxyl groups is 2. The number of aliphatic hydroxyl groups excluding tert-OH is 2. The summed E-state index contributed by atoms with van der Waals surface area (Å²) in [6.07, 6.45) is 0.708. The molecule has 0 heterocycles. The van der Waals surface area contributed by atoms with Crippen LogP contribution in [0.2, 0.25) is 0 Å². The van der Waals surface area contributed by atoms with E-state index < -0.39 is 0 Å². The van der Waals surface area contributed by atoms with Crippen molar-refractivity contribution in [1.29, 1.82) is 0 Å². The Balaban J connectivity index is -0.0000000720. The molecular weight excluding hydrogens is 143 g/mol. The molecule has 0 unspecified atom stereocenters. The molecule has 3 heteroatoms.